The van der Waals surface area contributed by atoms with Crippen LogP contribution in [0.4, 0.5) is 0 Å². The van der Waals surface area contributed by atoms with Crippen molar-refractivity contribution in [3.8, 4) is 22.9 Å². The first kappa shape index (κ1) is 36.4. The average molecular weight is 601 g/mol. The molecule has 0 saturated carbocycles. The van der Waals surface area contributed by atoms with Gasteiger partial charge in [-0.25, -0.2) is 0 Å². The maximum atomic E-state index is 4.02. The van der Waals surface area contributed by atoms with Crippen molar-refractivity contribution >= 4 is 26.9 Å². The summed E-state index contributed by atoms with van der Waals surface area (Å²) in [5.74, 6) is 7.68. The van der Waals surface area contributed by atoms with Crippen molar-refractivity contribution in [2.45, 2.75) is 169 Å². The Morgan fingerprint density at radius 1 is 0.429 bits per heavy atom. The van der Waals surface area contributed by atoms with E-state index >= 15 is 0 Å². The largest absolute Gasteiger partial charge is 0.146 e. The number of benzene rings is 2. The van der Waals surface area contributed by atoms with Crippen LogP contribution in [0, 0.1) is 22.9 Å². The van der Waals surface area contributed by atoms with E-state index in [2.05, 4.69) is 172 Å². The van der Waals surface area contributed by atoms with Gasteiger partial charge in [0, 0.05) is 11.1 Å². The van der Waals surface area contributed by atoms with E-state index in [0.717, 1.165) is 0 Å². The van der Waals surface area contributed by atoms with Gasteiger partial charge < -0.3 is 0 Å². The van der Waals surface area contributed by atoms with Gasteiger partial charge in [-0.15, -0.1) is 11.1 Å². The predicted molar refractivity (Wildman–Crippen MR) is 197 cm³/mol. The van der Waals surface area contributed by atoms with E-state index in [-0.39, 0.29) is 10.8 Å². The summed E-state index contributed by atoms with van der Waals surface area (Å²) in [6, 6.07) is 9.39. The van der Waals surface area contributed by atoms with Crippen LogP contribution in [0.2, 0.25) is 33.2 Å². The lowest BCUT2D eigenvalue weighted by Gasteiger charge is -2.38. The molecule has 0 spiro atoms. The van der Waals surface area contributed by atoms with Gasteiger partial charge in [-0.2, -0.15) is 0 Å². The zero-order chi connectivity index (χ0) is 32.6. The molecule has 0 aromatic heterocycles. The molecule has 0 aliphatic carbocycles. The molecule has 0 bridgehead atoms. The van der Waals surface area contributed by atoms with Crippen molar-refractivity contribution in [1.82, 2.24) is 0 Å². The van der Waals surface area contributed by atoms with Crippen molar-refractivity contribution in [3.63, 3.8) is 0 Å². The topological polar surface area (TPSA) is 0 Å². The van der Waals surface area contributed by atoms with Crippen LogP contribution < -0.4 is 0 Å². The Morgan fingerprint density at radius 2 is 0.667 bits per heavy atom. The van der Waals surface area contributed by atoms with Gasteiger partial charge in [0.15, 0.2) is 0 Å². The van der Waals surface area contributed by atoms with Crippen LogP contribution in [0.25, 0.3) is 10.8 Å². The van der Waals surface area contributed by atoms with E-state index in [4.69, 9.17) is 0 Å². The van der Waals surface area contributed by atoms with Gasteiger partial charge in [-0.1, -0.05) is 149 Å². The van der Waals surface area contributed by atoms with E-state index in [1.807, 2.05) is 0 Å². The molecule has 232 valence electrons. The van der Waals surface area contributed by atoms with Crippen LogP contribution in [0.15, 0.2) is 24.3 Å². The molecule has 0 heterocycles. The molecule has 0 aliphatic rings. The standard InChI is InChI=1S/C40H64Si2/c1-27(2)41(28(3)4,29(5)6)25-23-33-19-21-36-35(37(33)39(13,14)15)22-20-34(38(36)40(16,17)18)24-26-42(30(7)8,31(9)10)32(11)12/h19-22,27-32H,1-18H3. The van der Waals surface area contributed by atoms with Crippen molar-refractivity contribution < 1.29 is 0 Å². The smallest absolute Gasteiger partial charge is 0.125 e. The summed E-state index contributed by atoms with van der Waals surface area (Å²) < 4.78 is 0. The monoisotopic (exact) mass is 600 g/mol. The van der Waals surface area contributed by atoms with E-state index in [0.29, 0.717) is 33.2 Å². The van der Waals surface area contributed by atoms with Crippen LogP contribution in [0.1, 0.15) is 147 Å². The van der Waals surface area contributed by atoms with Gasteiger partial charge in [0.1, 0.15) is 16.1 Å². The van der Waals surface area contributed by atoms with Crippen molar-refractivity contribution in [2.75, 3.05) is 0 Å². The number of hydrogen-bond donors (Lipinski definition) is 0. The SMILES string of the molecule is CC(C)[Si](C#Cc1ccc2c(C(C)(C)C)c(C#C[Si](C(C)C)(C(C)C)C(C)C)ccc2c1C(C)(C)C)(C(C)C)C(C)C. The van der Waals surface area contributed by atoms with E-state index < -0.39 is 16.1 Å². The van der Waals surface area contributed by atoms with E-state index in [1.165, 1.54) is 33.0 Å². The van der Waals surface area contributed by atoms with Gasteiger partial charge in [0.25, 0.3) is 0 Å². The van der Waals surface area contributed by atoms with E-state index in [9.17, 15) is 0 Å². The quantitative estimate of drug-likeness (QED) is 0.228. The lowest BCUT2D eigenvalue weighted by Crippen LogP contribution is -2.43. The highest BCUT2D eigenvalue weighted by molar-refractivity contribution is 6.91. The van der Waals surface area contributed by atoms with Crippen molar-refractivity contribution in [2.24, 2.45) is 0 Å². The Hall–Kier alpha value is -1.75. The Kier molecular flexibility index (Phi) is 11.4. The van der Waals surface area contributed by atoms with Crippen LogP contribution in [-0.4, -0.2) is 16.1 Å². The molecule has 0 saturated heterocycles. The third-order valence-corrected chi connectivity index (χ3v) is 22.8. The molecule has 0 amide bonds. The second-order valence-corrected chi connectivity index (χ2v) is 28.0. The third-order valence-electron chi connectivity index (χ3n) is 10.3. The fraction of sp³-hybridized carbons (Fsp3) is 0.650. The second kappa shape index (κ2) is 13.1. The lowest BCUT2D eigenvalue weighted by molar-refractivity contribution is 0.589. The lowest BCUT2D eigenvalue weighted by atomic mass is 9.75. The summed E-state index contributed by atoms with van der Waals surface area (Å²) in [7, 11) is -3.68. The zero-order valence-corrected chi connectivity index (χ0v) is 32.8. The first-order valence-corrected chi connectivity index (χ1v) is 21.2. The number of hydrogen-bond acceptors (Lipinski definition) is 0. The molecular weight excluding hydrogens is 537 g/mol. The average Bonchev–Trinajstić information content (AvgIpc) is 2.81. The van der Waals surface area contributed by atoms with Crippen LogP contribution in [0.5, 0.6) is 0 Å². The molecule has 0 radical (unpaired) electrons. The fourth-order valence-corrected chi connectivity index (χ4v) is 18.9. The van der Waals surface area contributed by atoms with Crippen LogP contribution in [-0.2, 0) is 10.8 Å². The summed E-state index contributed by atoms with van der Waals surface area (Å²) in [4.78, 5) is 0. The molecule has 0 aliphatic heterocycles. The maximum absolute atomic E-state index is 4.02. The van der Waals surface area contributed by atoms with E-state index in [1.54, 1.807) is 0 Å². The summed E-state index contributed by atoms with van der Waals surface area (Å²) in [6.07, 6.45) is 0. The summed E-state index contributed by atoms with van der Waals surface area (Å²) >= 11 is 0. The van der Waals surface area contributed by atoms with Gasteiger partial charge in [0.05, 0.1) is 0 Å². The summed E-state index contributed by atoms with van der Waals surface area (Å²) in [5.41, 5.74) is 16.9. The number of rotatable bonds is 6. The fourth-order valence-electron chi connectivity index (χ4n) is 8.45. The second-order valence-electron chi connectivity index (χ2n) is 16.9. The Morgan fingerprint density at radius 3 is 0.857 bits per heavy atom. The van der Waals surface area contributed by atoms with Gasteiger partial charge in [-0.05, 0) is 78.1 Å². The molecule has 2 heteroatoms. The molecule has 0 N–H and O–H groups in total. The minimum atomic E-state index is -1.84. The normalized spacial score (nSPS) is 13.4. The summed E-state index contributed by atoms with van der Waals surface area (Å²) in [6.45, 7) is 42.9. The van der Waals surface area contributed by atoms with Crippen molar-refractivity contribution in [1.29, 1.82) is 0 Å². The summed E-state index contributed by atoms with van der Waals surface area (Å²) in [5, 5.41) is 2.69. The molecule has 2 aromatic rings. The highest BCUT2D eigenvalue weighted by atomic mass is 28.3. The first-order valence-electron chi connectivity index (χ1n) is 16.7. The highest BCUT2D eigenvalue weighted by Crippen LogP contribution is 2.43. The van der Waals surface area contributed by atoms with Gasteiger partial charge in [0.2, 0.25) is 0 Å². The molecule has 2 rings (SSSR count). The molecule has 0 unspecified atom stereocenters. The zero-order valence-electron chi connectivity index (χ0n) is 30.8. The third kappa shape index (κ3) is 6.82. The van der Waals surface area contributed by atoms with Gasteiger partial charge in [-0.3, -0.25) is 0 Å². The Labute approximate surface area is 264 Å². The molecule has 0 atom stereocenters. The Bertz CT molecular complexity index is 1210. The predicted octanol–water partition coefficient (Wildman–Crippen LogP) is 12.6. The minimum Gasteiger partial charge on any atom is -0.125 e. The van der Waals surface area contributed by atoms with Gasteiger partial charge >= 0.3 is 0 Å². The molecule has 0 nitrogen and oxygen atoms in total. The molecule has 0 fully saturated rings. The highest BCUT2D eigenvalue weighted by Gasteiger charge is 2.43. The molecule has 42 heavy (non-hydrogen) atoms. The maximum Gasteiger partial charge on any atom is 0.146 e. The molecular formula is C40H64Si2. The van der Waals surface area contributed by atoms with Crippen LogP contribution in [0.3, 0.4) is 0 Å². The minimum absolute atomic E-state index is 0.0292. The van der Waals surface area contributed by atoms with Crippen LogP contribution >= 0.6 is 0 Å². The van der Waals surface area contributed by atoms with Crippen molar-refractivity contribution in [3.05, 3.63) is 46.5 Å². The first-order chi connectivity index (χ1) is 19.1. The number of fused-ring (bicyclic) bond motifs is 1. The Balaban J connectivity index is 3.04. The molecule has 2 aromatic carbocycles.